The van der Waals surface area contributed by atoms with Gasteiger partial charge in [-0.1, -0.05) is 19.1 Å². The zero-order chi connectivity index (χ0) is 11.0. The maximum absolute atomic E-state index is 11.1. The van der Waals surface area contributed by atoms with E-state index < -0.39 is 5.60 Å². The highest BCUT2D eigenvalue weighted by atomic mass is 16.6. The second-order valence-electron chi connectivity index (χ2n) is 4.10. The van der Waals surface area contributed by atoms with Crippen LogP contribution in [0.1, 0.15) is 40.5 Å². The van der Waals surface area contributed by atoms with E-state index in [-0.39, 0.29) is 6.09 Å². The van der Waals surface area contributed by atoms with Crippen LogP contribution in [0.15, 0.2) is 12.2 Å². The summed E-state index contributed by atoms with van der Waals surface area (Å²) in [7, 11) is 0. The zero-order valence-electron chi connectivity index (χ0n) is 9.59. The average Bonchev–Trinajstić information content (AvgIpc) is 2.00. The first-order valence-electron chi connectivity index (χ1n) is 5.07. The molecule has 1 amide bonds. The van der Waals surface area contributed by atoms with Crippen molar-refractivity contribution in [3.8, 4) is 0 Å². The fourth-order valence-corrected chi connectivity index (χ4v) is 0.856. The largest absolute Gasteiger partial charge is 0.444 e. The fraction of sp³-hybridized carbons (Fsp3) is 0.727. The first-order valence-corrected chi connectivity index (χ1v) is 5.07. The summed E-state index contributed by atoms with van der Waals surface area (Å²) >= 11 is 0. The molecule has 3 nitrogen and oxygen atoms in total. The molecular formula is C11H21NO2. The lowest BCUT2D eigenvalue weighted by Crippen LogP contribution is -2.32. The number of nitrogens with one attached hydrogen (secondary N) is 1. The monoisotopic (exact) mass is 199 g/mol. The van der Waals surface area contributed by atoms with E-state index in [0.717, 1.165) is 12.8 Å². The van der Waals surface area contributed by atoms with Crippen LogP contribution in [0.5, 0.6) is 0 Å². The Morgan fingerprint density at radius 1 is 1.36 bits per heavy atom. The van der Waals surface area contributed by atoms with Gasteiger partial charge in [0.15, 0.2) is 0 Å². The number of rotatable bonds is 4. The lowest BCUT2D eigenvalue weighted by molar-refractivity contribution is 0.0529. The van der Waals surface area contributed by atoms with Crippen LogP contribution in [0.3, 0.4) is 0 Å². The smallest absolute Gasteiger partial charge is 0.407 e. The molecule has 0 rings (SSSR count). The number of allylic oxidation sites excluding steroid dienone is 1. The van der Waals surface area contributed by atoms with Gasteiger partial charge >= 0.3 is 6.09 Å². The lowest BCUT2D eigenvalue weighted by Gasteiger charge is -2.19. The standard InChI is InChI=1S/C11H21NO2/c1-5-6-7-8-9-12-10(13)14-11(2,3)4/h6-7H,5,8-9H2,1-4H3,(H,12,13)/b7-6+. The van der Waals surface area contributed by atoms with E-state index in [9.17, 15) is 4.79 Å². The van der Waals surface area contributed by atoms with Crippen LogP contribution in [0, 0.1) is 0 Å². The summed E-state index contributed by atoms with van der Waals surface area (Å²) in [6.45, 7) is 8.26. The number of hydrogen-bond acceptors (Lipinski definition) is 2. The maximum Gasteiger partial charge on any atom is 0.407 e. The SMILES string of the molecule is CC/C=C/CCNC(=O)OC(C)(C)C. The topological polar surface area (TPSA) is 38.3 Å². The van der Waals surface area contributed by atoms with E-state index in [4.69, 9.17) is 4.74 Å². The van der Waals surface area contributed by atoms with Gasteiger partial charge in [0.2, 0.25) is 0 Å². The molecule has 1 N–H and O–H groups in total. The predicted molar refractivity (Wildman–Crippen MR) is 58.3 cm³/mol. The minimum Gasteiger partial charge on any atom is -0.444 e. The Bertz CT molecular complexity index is 192. The molecule has 0 aromatic heterocycles. The van der Waals surface area contributed by atoms with Crippen molar-refractivity contribution in [2.24, 2.45) is 0 Å². The van der Waals surface area contributed by atoms with E-state index in [1.54, 1.807) is 0 Å². The summed E-state index contributed by atoms with van der Waals surface area (Å²) < 4.78 is 5.07. The Hall–Kier alpha value is -0.990. The Labute approximate surface area is 86.5 Å². The number of alkyl carbamates (subject to hydrolysis) is 1. The van der Waals surface area contributed by atoms with Crippen LogP contribution in [-0.4, -0.2) is 18.2 Å². The summed E-state index contributed by atoms with van der Waals surface area (Å²) in [5.74, 6) is 0. The number of amides is 1. The molecule has 0 spiro atoms. The molecule has 0 unspecified atom stereocenters. The molecule has 0 aliphatic heterocycles. The molecule has 0 radical (unpaired) electrons. The number of carbonyl (C=O) groups excluding carboxylic acids is 1. The normalized spacial score (nSPS) is 11.7. The van der Waals surface area contributed by atoms with Crippen molar-refractivity contribution < 1.29 is 9.53 Å². The maximum atomic E-state index is 11.1. The molecule has 82 valence electrons. The molecule has 0 bridgehead atoms. The van der Waals surface area contributed by atoms with Crippen LogP contribution >= 0.6 is 0 Å². The van der Waals surface area contributed by atoms with Crippen molar-refractivity contribution in [3.63, 3.8) is 0 Å². The van der Waals surface area contributed by atoms with Gasteiger partial charge in [0, 0.05) is 6.54 Å². The second-order valence-corrected chi connectivity index (χ2v) is 4.10. The molecule has 0 fully saturated rings. The van der Waals surface area contributed by atoms with E-state index in [0.29, 0.717) is 6.54 Å². The number of hydrogen-bond donors (Lipinski definition) is 1. The van der Waals surface area contributed by atoms with E-state index in [2.05, 4.69) is 24.4 Å². The third-order valence-electron chi connectivity index (χ3n) is 1.38. The van der Waals surface area contributed by atoms with Crippen molar-refractivity contribution in [1.82, 2.24) is 5.32 Å². The first kappa shape index (κ1) is 13.0. The number of ether oxygens (including phenoxy) is 1. The molecular weight excluding hydrogens is 178 g/mol. The van der Waals surface area contributed by atoms with Gasteiger partial charge in [0.05, 0.1) is 0 Å². The molecule has 0 aliphatic carbocycles. The van der Waals surface area contributed by atoms with Crippen molar-refractivity contribution in [2.45, 2.75) is 46.1 Å². The van der Waals surface area contributed by atoms with Crippen LogP contribution < -0.4 is 5.32 Å². The van der Waals surface area contributed by atoms with E-state index in [1.807, 2.05) is 20.8 Å². The Morgan fingerprint density at radius 2 is 2.00 bits per heavy atom. The molecule has 0 aromatic carbocycles. The average molecular weight is 199 g/mol. The molecule has 3 heteroatoms. The van der Waals surface area contributed by atoms with Gasteiger partial charge in [0.25, 0.3) is 0 Å². The Morgan fingerprint density at radius 3 is 2.50 bits per heavy atom. The van der Waals surface area contributed by atoms with Gasteiger partial charge in [-0.3, -0.25) is 0 Å². The predicted octanol–water partition coefficient (Wildman–Crippen LogP) is 2.87. The summed E-state index contributed by atoms with van der Waals surface area (Å²) in [5.41, 5.74) is -0.413. The fourth-order valence-electron chi connectivity index (χ4n) is 0.856. The van der Waals surface area contributed by atoms with Gasteiger partial charge < -0.3 is 10.1 Å². The molecule has 0 saturated carbocycles. The van der Waals surface area contributed by atoms with Crippen LogP contribution in [0.2, 0.25) is 0 Å². The molecule has 0 aliphatic rings. The van der Waals surface area contributed by atoms with Crippen molar-refractivity contribution >= 4 is 6.09 Å². The van der Waals surface area contributed by atoms with E-state index >= 15 is 0 Å². The van der Waals surface area contributed by atoms with Gasteiger partial charge in [-0.2, -0.15) is 0 Å². The van der Waals surface area contributed by atoms with Crippen molar-refractivity contribution in [2.75, 3.05) is 6.54 Å². The highest BCUT2D eigenvalue weighted by Gasteiger charge is 2.14. The Balaban J connectivity index is 3.50. The Kier molecular flexibility index (Phi) is 6.00. The molecule has 0 heterocycles. The first-order chi connectivity index (χ1) is 6.45. The summed E-state index contributed by atoms with van der Waals surface area (Å²) in [4.78, 5) is 11.1. The van der Waals surface area contributed by atoms with E-state index in [1.165, 1.54) is 0 Å². The van der Waals surface area contributed by atoms with Crippen molar-refractivity contribution in [1.29, 1.82) is 0 Å². The van der Waals surface area contributed by atoms with Crippen molar-refractivity contribution in [3.05, 3.63) is 12.2 Å². The van der Waals surface area contributed by atoms with Crippen LogP contribution in [0.25, 0.3) is 0 Å². The zero-order valence-corrected chi connectivity index (χ0v) is 9.59. The number of carbonyl (C=O) groups is 1. The van der Waals surface area contributed by atoms with Gasteiger partial charge in [-0.15, -0.1) is 0 Å². The highest BCUT2D eigenvalue weighted by molar-refractivity contribution is 5.67. The third-order valence-corrected chi connectivity index (χ3v) is 1.38. The molecule has 14 heavy (non-hydrogen) atoms. The summed E-state index contributed by atoms with van der Waals surface area (Å²) in [6, 6.07) is 0. The van der Waals surface area contributed by atoms with Gasteiger partial charge in [-0.05, 0) is 33.6 Å². The highest BCUT2D eigenvalue weighted by Crippen LogP contribution is 2.06. The third kappa shape index (κ3) is 9.10. The minimum atomic E-state index is -0.413. The van der Waals surface area contributed by atoms with Crippen LogP contribution in [-0.2, 0) is 4.74 Å². The second kappa shape index (κ2) is 6.46. The summed E-state index contributed by atoms with van der Waals surface area (Å²) in [5, 5.41) is 2.69. The lowest BCUT2D eigenvalue weighted by atomic mass is 10.2. The quantitative estimate of drug-likeness (QED) is 0.558. The van der Waals surface area contributed by atoms with Gasteiger partial charge in [-0.25, -0.2) is 4.79 Å². The van der Waals surface area contributed by atoms with Crippen LogP contribution in [0.4, 0.5) is 4.79 Å². The molecule has 0 atom stereocenters. The molecule has 0 saturated heterocycles. The van der Waals surface area contributed by atoms with Gasteiger partial charge in [0.1, 0.15) is 5.60 Å². The minimum absolute atomic E-state index is 0.345. The molecule has 0 aromatic rings. The summed E-state index contributed by atoms with van der Waals surface area (Å²) in [6.07, 6.45) is 5.68.